The Morgan fingerprint density at radius 2 is 1.81 bits per heavy atom. The average molecular weight is 232 g/mol. The van der Waals surface area contributed by atoms with Gasteiger partial charge < -0.3 is 9.47 Å². The molecule has 1 aliphatic rings. The van der Waals surface area contributed by atoms with Gasteiger partial charge in [-0.05, 0) is 17.7 Å². The van der Waals surface area contributed by atoms with Gasteiger partial charge in [-0.3, -0.25) is 0 Å². The van der Waals surface area contributed by atoms with Crippen LogP contribution in [0.1, 0.15) is 17.2 Å². The molecule has 0 radical (unpaired) electrons. The van der Waals surface area contributed by atoms with E-state index in [2.05, 4.69) is 4.74 Å². The van der Waals surface area contributed by atoms with Crippen molar-refractivity contribution in [1.29, 1.82) is 0 Å². The van der Waals surface area contributed by atoms with Gasteiger partial charge in [-0.2, -0.15) is 13.2 Å². The first kappa shape index (κ1) is 10.8. The van der Waals surface area contributed by atoms with Crippen LogP contribution in [0.4, 0.5) is 18.0 Å². The molecule has 6 heteroatoms. The molecule has 1 aliphatic heterocycles. The number of hydrogen-bond donors (Lipinski definition) is 0. The molecule has 2 rings (SSSR count). The van der Waals surface area contributed by atoms with Gasteiger partial charge in [-0.1, -0.05) is 12.1 Å². The van der Waals surface area contributed by atoms with Crippen LogP contribution in [0.3, 0.4) is 0 Å². The number of cyclic esters (lactones) is 2. The van der Waals surface area contributed by atoms with E-state index in [9.17, 15) is 18.0 Å². The molecular formula is C10H7F3O3. The number of rotatable bonds is 1. The van der Waals surface area contributed by atoms with Crippen molar-refractivity contribution in [1.82, 2.24) is 0 Å². The Morgan fingerprint density at radius 3 is 2.25 bits per heavy atom. The van der Waals surface area contributed by atoms with E-state index in [0.29, 0.717) is 5.56 Å². The van der Waals surface area contributed by atoms with Crippen molar-refractivity contribution in [2.75, 3.05) is 6.61 Å². The van der Waals surface area contributed by atoms with Crippen LogP contribution in [0.5, 0.6) is 0 Å². The van der Waals surface area contributed by atoms with E-state index in [0.717, 1.165) is 12.1 Å². The highest BCUT2D eigenvalue weighted by molar-refractivity contribution is 5.62. The summed E-state index contributed by atoms with van der Waals surface area (Å²) in [7, 11) is 0. The highest BCUT2D eigenvalue weighted by Gasteiger charge is 2.31. The third-order valence-electron chi connectivity index (χ3n) is 2.20. The third kappa shape index (κ3) is 2.10. The van der Waals surface area contributed by atoms with Gasteiger partial charge in [0, 0.05) is 0 Å². The molecule has 16 heavy (non-hydrogen) atoms. The molecule has 1 atom stereocenters. The molecule has 1 heterocycles. The SMILES string of the molecule is O=C1OC[C@H](c2ccc(C(F)(F)F)cc2)O1. The maximum Gasteiger partial charge on any atom is 0.509 e. The lowest BCUT2D eigenvalue weighted by Gasteiger charge is -2.09. The van der Waals surface area contributed by atoms with Crippen molar-refractivity contribution >= 4 is 6.16 Å². The van der Waals surface area contributed by atoms with E-state index < -0.39 is 24.0 Å². The van der Waals surface area contributed by atoms with Crippen LogP contribution >= 0.6 is 0 Å². The van der Waals surface area contributed by atoms with E-state index in [-0.39, 0.29) is 6.61 Å². The van der Waals surface area contributed by atoms with Crippen molar-refractivity contribution in [3.63, 3.8) is 0 Å². The fraction of sp³-hybridized carbons (Fsp3) is 0.300. The minimum Gasteiger partial charge on any atom is -0.430 e. The number of ether oxygens (including phenoxy) is 2. The Balaban J connectivity index is 2.17. The zero-order chi connectivity index (χ0) is 11.8. The Kier molecular flexibility index (Phi) is 2.49. The summed E-state index contributed by atoms with van der Waals surface area (Å²) in [5.74, 6) is 0. The summed E-state index contributed by atoms with van der Waals surface area (Å²) >= 11 is 0. The van der Waals surface area contributed by atoms with Crippen LogP contribution in [0.2, 0.25) is 0 Å². The van der Waals surface area contributed by atoms with Crippen LogP contribution in [-0.4, -0.2) is 12.8 Å². The molecule has 1 aromatic rings. The van der Waals surface area contributed by atoms with Crippen LogP contribution in [0, 0.1) is 0 Å². The minimum atomic E-state index is -4.36. The molecule has 86 valence electrons. The van der Waals surface area contributed by atoms with Gasteiger partial charge in [-0.25, -0.2) is 4.79 Å². The van der Waals surface area contributed by atoms with Gasteiger partial charge in [-0.15, -0.1) is 0 Å². The predicted octanol–water partition coefficient (Wildman–Crippen LogP) is 2.91. The summed E-state index contributed by atoms with van der Waals surface area (Å²) in [5.41, 5.74) is -0.250. The topological polar surface area (TPSA) is 35.5 Å². The van der Waals surface area contributed by atoms with Gasteiger partial charge in [0.05, 0.1) is 5.56 Å². The highest BCUT2D eigenvalue weighted by atomic mass is 19.4. The molecule has 3 nitrogen and oxygen atoms in total. The monoisotopic (exact) mass is 232 g/mol. The van der Waals surface area contributed by atoms with Crippen molar-refractivity contribution in [2.45, 2.75) is 12.3 Å². The smallest absolute Gasteiger partial charge is 0.430 e. The number of carbonyl (C=O) groups excluding carboxylic acids is 1. The van der Waals surface area contributed by atoms with Crippen molar-refractivity contribution in [2.24, 2.45) is 0 Å². The lowest BCUT2D eigenvalue weighted by molar-refractivity contribution is -0.137. The number of alkyl halides is 3. The number of benzene rings is 1. The van der Waals surface area contributed by atoms with Gasteiger partial charge in [0.15, 0.2) is 6.10 Å². The third-order valence-corrected chi connectivity index (χ3v) is 2.20. The van der Waals surface area contributed by atoms with Crippen LogP contribution in [0.25, 0.3) is 0 Å². The first-order valence-corrected chi connectivity index (χ1v) is 4.47. The second-order valence-electron chi connectivity index (χ2n) is 3.29. The molecule has 0 saturated carbocycles. The quantitative estimate of drug-likeness (QED) is 0.698. The summed E-state index contributed by atoms with van der Waals surface area (Å²) in [6.45, 7) is 0.0319. The van der Waals surface area contributed by atoms with Gasteiger partial charge >= 0.3 is 12.3 Å². The van der Waals surface area contributed by atoms with E-state index in [1.54, 1.807) is 0 Å². The van der Waals surface area contributed by atoms with Gasteiger partial charge in [0.1, 0.15) is 6.61 Å². The molecular weight excluding hydrogens is 225 g/mol. The van der Waals surface area contributed by atoms with Crippen LogP contribution in [-0.2, 0) is 15.7 Å². The van der Waals surface area contributed by atoms with Crippen LogP contribution < -0.4 is 0 Å². The lowest BCUT2D eigenvalue weighted by atomic mass is 10.1. The molecule has 0 amide bonds. The predicted molar refractivity (Wildman–Crippen MR) is 46.6 cm³/mol. The zero-order valence-electron chi connectivity index (χ0n) is 7.95. The van der Waals surface area contributed by atoms with Crippen molar-refractivity contribution in [3.05, 3.63) is 35.4 Å². The lowest BCUT2D eigenvalue weighted by Crippen LogP contribution is -2.06. The van der Waals surface area contributed by atoms with E-state index >= 15 is 0 Å². The maximum absolute atomic E-state index is 12.2. The minimum absolute atomic E-state index is 0.0319. The molecule has 1 aromatic carbocycles. The first-order chi connectivity index (χ1) is 7.47. The number of carbonyl (C=O) groups is 1. The van der Waals surface area contributed by atoms with E-state index in [1.807, 2.05) is 0 Å². The molecule has 0 aliphatic carbocycles. The molecule has 0 unspecified atom stereocenters. The van der Waals surface area contributed by atoms with Gasteiger partial charge in [0.2, 0.25) is 0 Å². The Hall–Kier alpha value is -1.72. The summed E-state index contributed by atoms with van der Waals surface area (Å²) in [5, 5.41) is 0. The van der Waals surface area contributed by atoms with E-state index in [4.69, 9.17) is 4.74 Å². The molecule has 0 N–H and O–H groups in total. The molecule has 0 bridgehead atoms. The number of halogens is 3. The zero-order valence-corrected chi connectivity index (χ0v) is 7.95. The first-order valence-electron chi connectivity index (χ1n) is 4.47. The average Bonchev–Trinajstić information content (AvgIpc) is 2.64. The normalized spacial score (nSPS) is 20.4. The number of hydrogen-bond acceptors (Lipinski definition) is 3. The highest BCUT2D eigenvalue weighted by Crippen LogP contribution is 2.31. The fourth-order valence-electron chi connectivity index (χ4n) is 1.38. The molecule has 1 fully saturated rings. The van der Waals surface area contributed by atoms with Crippen LogP contribution in [0.15, 0.2) is 24.3 Å². The van der Waals surface area contributed by atoms with E-state index in [1.165, 1.54) is 12.1 Å². The largest absolute Gasteiger partial charge is 0.509 e. The summed E-state index contributed by atoms with van der Waals surface area (Å²) in [6.07, 6.45) is -5.78. The Morgan fingerprint density at radius 1 is 1.19 bits per heavy atom. The molecule has 0 spiro atoms. The Labute approximate surface area is 88.8 Å². The summed E-state index contributed by atoms with van der Waals surface area (Å²) < 4.78 is 46.0. The Bertz CT molecular complexity index is 397. The molecule has 0 aromatic heterocycles. The standard InChI is InChI=1S/C10H7F3O3/c11-10(12,13)7-3-1-6(2-4-7)8-5-15-9(14)16-8/h1-4,8H,5H2/t8-/m1/s1. The second-order valence-corrected chi connectivity index (χ2v) is 3.29. The summed E-state index contributed by atoms with van der Waals surface area (Å²) in [6, 6.07) is 4.44. The van der Waals surface area contributed by atoms with Gasteiger partial charge in [0.25, 0.3) is 0 Å². The maximum atomic E-state index is 12.2. The fourth-order valence-corrected chi connectivity index (χ4v) is 1.38. The molecule has 1 saturated heterocycles. The van der Waals surface area contributed by atoms with Crippen molar-refractivity contribution in [3.8, 4) is 0 Å². The second kappa shape index (κ2) is 3.70. The van der Waals surface area contributed by atoms with Crippen molar-refractivity contribution < 1.29 is 27.4 Å². The summed E-state index contributed by atoms with van der Waals surface area (Å²) in [4.78, 5) is 10.6.